The van der Waals surface area contributed by atoms with Crippen LogP contribution in [0.2, 0.25) is 0 Å². The monoisotopic (exact) mass is 326 g/mol. The van der Waals surface area contributed by atoms with Crippen molar-refractivity contribution in [1.82, 2.24) is 15.1 Å². The Bertz CT molecular complexity index is 712. The Hall–Kier alpha value is -2.14. The maximum Gasteiger partial charge on any atom is 0.229 e. The maximum atomic E-state index is 12.7. The molecule has 0 bridgehead atoms. The zero-order chi connectivity index (χ0) is 17.3. The number of benzene rings is 1. The van der Waals surface area contributed by atoms with E-state index in [4.69, 9.17) is 0 Å². The first-order valence-electron chi connectivity index (χ1n) is 8.45. The van der Waals surface area contributed by atoms with Crippen molar-refractivity contribution >= 4 is 11.6 Å². The molecule has 3 rings (SSSR count). The summed E-state index contributed by atoms with van der Waals surface area (Å²) in [7, 11) is 1.90. The summed E-state index contributed by atoms with van der Waals surface area (Å²) in [4.78, 5) is 12.7. The lowest BCUT2D eigenvalue weighted by molar-refractivity contribution is -0.119. The molecule has 2 heterocycles. The molecule has 2 aromatic rings. The van der Waals surface area contributed by atoms with Crippen LogP contribution in [0.3, 0.4) is 0 Å². The van der Waals surface area contributed by atoms with Crippen molar-refractivity contribution in [2.24, 2.45) is 13.0 Å². The van der Waals surface area contributed by atoms with Crippen LogP contribution in [-0.2, 0) is 17.3 Å². The highest BCUT2D eigenvalue weighted by Crippen LogP contribution is 2.29. The van der Waals surface area contributed by atoms with Crippen LogP contribution in [0.1, 0.15) is 37.8 Å². The Morgan fingerprint density at radius 1 is 1.25 bits per heavy atom. The Labute approximate surface area is 143 Å². The number of anilines is 1. The van der Waals surface area contributed by atoms with E-state index in [9.17, 15) is 4.79 Å². The fraction of sp³-hybridized carbons (Fsp3) is 0.474. The Balaban J connectivity index is 1.70. The van der Waals surface area contributed by atoms with Crippen molar-refractivity contribution in [3.8, 4) is 0 Å². The number of rotatable bonds is 3. The molecule has 0 saturated carbocycles. The minimum atomic E-state index is -0.0727. The van der Waals surface area contributed by atoms with Gasteiger partial charge in [0, 0.05) is 37.9 Å². The molecule has 0 radical (unpaired) electrons. The summed E-state index contributed by atoms with van der Waals surface area (Å²) in [6, 6.07) is 8.14. The summed E-state index contributed by atoms with van der Waals surface area (Å²) < 4.78 is 1.79. The van der Waals surface area contributed by atoms with Gasteiger partial charge in [-0.25, -0.2) is 0 Å². The molecule has 1 aromatic carbocycles. The molecular formula is C19H26N4O. The summed E-state index contributed by atoms with van der Waals surface area (Å²) in [5.41, 5.74) is 3.34. The molecule has 2 atom stereocenters. The largest absolute Gasteiger partial charge is 0.326 e. The van der Waals surface area contributed by atoms with Gasteiger partial charge in [0.2, 0.25) is 5.91 Å². The van der Waals surface area contributed by atoms with Gasteiger partial charge in [0.25, 0.3) is 0 Å². The molecule has 24 heavy (non-hydrogen) atoms. The minimum absolute atomic E-state index is 0.0670. The third-order valence-electron chi connectivity index (χ3n) is 4.72. The first-order valence-corrected chi connectivity index (χ1v) is 8.45. The smallest absolute Gasteiger partial charge is 0.229 e. The Kier molecular flexibility index (Phi) is 4.45. The molecule has 0 spiro atoms. The fourth-order valence-corrected chi connectivity index (χ4v) is 3.22. The molecule has 1 saturated heterocycles. The molecule has 0 unspecified atom stereocenters. The lowest BCUT2D eigenvalue weighted by Gasteiger charge is -2.20. The average molecular weight is 326 g/mol. The van der Waals surface area contributed by atoms with Gasteiger partial charge in [0.1, 0.15) is 0 Å². The lowest BCUT2D eigenvalue weighted by atomic mass is 9.87. The topological polar surface area (TPSA) is 59.0 Å². The summed E-state index contributed by atoms with van der Waals surface area (Å²) in [6.45, 7) is 8.06. The van der Waals surface area contributed by atoms with E-state index in [0.29, 0.717) is 6.54 Å². The van der Waals surface area contributed by atoms with Gasteiger partial charge < -0.3 is 10.6 Å². The van der Waals surface area contributed by atoms with E-state index in [1.165, 1.54) is 5.56 Å². The van der Waals surface area contributed by atoms with E-state index in [2.05, 4.69) is 48.6 Å². The molecule has 5 heteroatoms. The Morgan fingerprint density at radius 3 is 2.54 bits per heavy atom. The zero-order valence-corrected chi connectivity index (χ0v) is 14.8. The van der Waals surface area contributed by atoms with Gasteiger partial charge in [-0.1, -0.05) is 32.9 Å². The zero-order valence-electron chi connectivity index (χ0n) is 14.8. The van der Waals surface area contributed by atoms with Crippen LogP contribution >= 0.6 is 0 Å². The molecule has 5 nitrogen and oxygen atoms in total. The van der Waals surface area contributed by atoms with Crippen LogP contribution < -0.4 is 10.6 Å². The highest BCUT2D eigenvalue weighted by molar-refractivity contribution is 5.93. The number of hydrogen-bond donors (Lipinski definition) is 2. The van der Waals surface area contributed by atoms with Gasteiger partial charge in [-0.15, -0.1) is 0 Å². The highest BCUT2D eigenvalue weighted by Gasteiger charge is 2.34. The number of aryl methyl sites for hydroxylation is 1. The van der Waals surface area contributed by atoms with E-state index >= 15 is 0 Å². The van der Waals surface area contributed by atoms with Gasteiger partial charge >= 0.3 is 0 Å². The quantitative estimate of drug-likeness (QED) is 0.912. The van der Waals surface area contributed by atoms with Gasteiger partial charge in [0.15, 0.2) is 0 Å². The first kappa shape index (κ1) is 16.7. The second kappa shape index (κ2) is 6.40. The number of aromatic nitrogens is 2. The van der Waals surface area contributed by atoms with Crippen molar-refractivity contribution in [1.29, 1.82) is 0 Å². The second-order valence-electron chi connectivity index (χ2n) is 7.64. The van der Waals surface area contributed by atoms with E-state index < -0.39 is 0 Å². The number of carbonyl (C=O) groups is 1. The van der Waals surface area contributed by atoms with Crippen LogP contribution in [0.15, 0.2) is 36.7 Å². The number of nitrogens with one attached hydrogen (secondary N) is 2. The molecule has 0 aliphatic carbocycles. The fourth-order valence-electron chi connectivity index (χ4n) is 3.22. The average Bonchev–Trinajstić information content (AvgIpc) is 3.15. The third kappa shape index (κ3) is 3.51. The molecule has 2 N–H and O–H groups in total. The number of nitrogens with zero attached hydrogens (tertiary/aromatic N) is 2. The predicted octanol–water partition coefficient (Wildman–Crippen LogP) is 2.66. The number of carbonyl (C=O) groups excluding carboxylic acids is 1. The van der Waals surface area contributed by atoms with Crippen molar-refractivity contribution in [2.75, 3.05) is 18.4 Å². The van der Waals surface area contributed by atoms with Crippen LogP contribution in [0, 0.1) is 5.92 Å². The molecule has 1 amide bonds. The van der Waals surface area contributed by atoms with Crippen molar-refractivity contribution in [3.05, 3.63) is 47.8 Å². The van der Waals surface area contributed by atoms with E-state index in [-0.39, 0.29) is 23.2 Å². The predicted molar refractivity (Wildman–Crippen MR) is 96.1 cm³/mol. The standard InChI is InChI=1S/C19H26N4O/c1-19(2,3)14-5-7-15(8-6-14)22-18(24)17-11-20-10-16(17)13-9-21-23(4)12-13/h5-9,12,16-17,20H,10-11H2,1-4H3,(H,22,24)/t16-,17+/m1/s1. The van der Waals surface area contributed by atoms with Gasteiger partial charge in [-0.3, -0.25) is 9.48 Å². The molecule has 1 aliphatic heterocycles. The number of amides is 1. The van der Waals surface area contributed by atoms with Crippen molar-refractivity contribution < 1.29 is 4.79 Å². The van der Waals surface area contributed by atoms with Crippen LogP contribution in [0.25, 0.3) is 0 Å². The second-order valence-corrected chi connectivity index (χ2v) is 7.64. The van der Waals surface area contributed by atoms with E-state index in [1.54, 1.807) is 4.68 Å². The van der Waals surface area contributed by atoms with Gasteiger partial charge in [-0.05, 0) is 28.7 Å². The minimum Gasteiger partial charge on any atom is -0.326 e. The number of hydrogen-bond acceptors (Lipinski definition) is 3. The molecule has 1 aliphatic rings. The lowest BCUT2D eigenvalue weighted by Crippen LogP contribution is -2.28. The van der Waals surface area contributed by atoms with Gasteiger partial charge in [0.05, 0.1) is 12.1 Å². The molecule has 128 valence electrons. The maximum absolute atomic E-state index is 12.7. The Morgan fingerprint density at radius 2 is 1.96 bits per heavy atom. The van der Waals surface area contributed by atoms with E-state index in [0.717, 1.165) is 17.8 Å². The highest BCUT2D eigenvalue weighted by atomic mass is 16.1. The summed E-state index contributed by atoms with van der Waals surface area (Å²) in [5.74, 6) is 0.168. The van der Waals surface area contributed by atoms with E-state index in [1.807, 2.05) is 31.6 Å². The first-order chi connectivity index (χ1) is 11.3. The third-order valence-corrected chi connectivity index (χ3v) is 4.72. The summed E-state index contributed by atoms with van der Waals surface area (Å²) >= 11 is 0. The van der Waals surface area contributed by atoms with Crippen LogP contribution in [0.5, 0.6) is 0 Å². The summed E-state index contributed by atoms with van der Waals surface area (Å²) in [5, 5.41) is 10.6. The SMILES string of the molecule is Cn1cc([C@H]2CNC[C@@H]2C(=O)Nc2ccc(C(C)(C)C)cc2)cn1. The van der Waals surface area contributed by atoms with Crippen molar-refractivity contribution in [3.63, 3.8) is 0 Å². The van der Waals surface area contributed by atoms with Crippen molar-refractivity contribution in [2.45, 2.75) is 32.1 Å². The van der Waals surface area contributed by atoms with Crippen LogP contribution in [0.4, 0.5) is 5.69 Å². The van der Waals surface area contributed by atoms with Gasteiger partial charge in [-0.2, -0.15) is 5.10 Å². The normalized spacial score (nSPS) is 21.0. The summed E-state index contributed by atoms with van der Waals surface area (Å²) in [6.07, 6.45) is 3.85. The van der Waals surface area contributed by atoms with Crippen LogP contribution in [-0.4, -0.2) is 28.8 Å². The molecule has 1 aromatic heterocycles. The molecular weight excluding hydrogens is 300 g/mol. The molecule has 1 fully saturated rings.